The molecule has 148 valence electrons. The van der Waals surface area contributed by atoms with E-state index in [1.807, 2.05) is 36.4 Å². The molecule has 1 aliphatic rings. The normalized spacial score (nSPS) is 16.7. The summed E-state index contributed by atoms with van der Waals surface area (Å²) < 4.78 is 8.35. The molecule has 0 bridgehead atoms. The Morgan fingerprint density at radius 3 is 3.00 bits per heavy atom. The number of carbonyl (C=O) groups is 1. The average Bonchev–Trinajstić information content (AvgIpc) is 3.46. The number of fused-ring (bicyclic) bond motifs is 2. The number of aromatic nitrogens is 4. The largest absolute Gasteiger partial charge is 0.376 e. The van der Waals surface area contributed by atoms with Gasteiger partial charge in [0.25, 0.3) is 5.91 Å². The summed E-state index contributed by atoms with van der Waals surface area (Å²) in [5.41, 5.74) is 2.30. The summed E-state index contributed by atoms with van der Waals surface area (Å²) in [6, 6.07) is 13.3. The zero-order chi connectivity index (χ0) is 19.8. The van der Waals surface area contributed by atoms with Crippen LogP contribution in [0.5, 0.6) is 0 Å². The Morgan fingerprint density at radius 1 is 1.28 bits per heavy atom. The average molecular weight is 428 g/mol. The maximum absolute atomic E-state index is 13.3. The molecule has 2 aromatic carbocycles. The van der Waals surface area contributed by atoms with Crippen LogP contribution in [0.25, 0.3) is 21.3 Å². The van der Waals surface area contributed by atoms with E-state index in [1.54, 1.807) is 15.6 Å². The Balaban J connectivity index is 1.48. The van der Waals surface area contributed by atoms with Crippen LogP contribution in [0.4, 0.5) is 5.13 Å². The third-order valence-corrected chi connectivity index (χ3v) is 6.35. The molecule has 0 aliphatic carbocycles. The van der Waals surface area contributed by atoms with E-state index in [2.05, 4.69) is 15.3 Å². The highest BCUT2D eigenvalue weighted by Crippen LogP contribution is 2.33. The highest BCUT2D eigenvalue weighted by atomic mass is 35.5. The van der Waals surface area contributed by atoms with Gasteiger partial charge in [-0.1, -0.05) is 46.4 Å². The fourth-order valence-corrected chi connectivity index (χ4v) is 4.84. The number of rotatable bonds is 5. The van der Waals surface area contributed by atoms with Crippen molar-refractivity contribution in [2.75, 3.05) is 18.1 Å². The molecular weight excluding hydrogens is 410 g/mol. The van der Waals surface area contributed by atoms with Gasteiger partial charge >= 0.3 is 0 Å². The summed E-state index contributed by atoms with van der Waals surface area (Å²) in [5.74, 6) is -0.105. The number of thiazole rings is 1. The number of hydrogen-bond acceptors (Lipinski definition) is 6. The lowest BCUT2D eigenvalue weighted by Crippen LogP contribution is -2.39. The first-order chi connectivity index (χ1) is 14.2. The van der Waals surface area contributed by atoms with Gasteiger partial charge in [0.15, 0.2) is 5.13 Å². The molecule has 2 aromatic heterocycles. The van der Waals surface area contributed by atoms with Gasteiger partial charge in [-0.3, -0.25) is 9.69 Å². The first-order valence-electron chi connectivity index (χ1n) is 9.44. The molecular formula is C20H18ClN5O2S. The standard InChI is InChI=1S/C20H18ClN5O2S/c21-14-6-3-9-17-19(14)22-20(29-17)25(11-13-5-4-10-28-13)18(27)12-26-16-8-2-1-7-15(16)23-24-26/h1-3,6-9,13H,4-5,10-12H2. The zero-order valence-corrected chi connectivity index (χ0v) is 17.1. The van der Waals surface area contributed by atoms with Crippen molar-refractivity contribution in [3.63, 3.8) is 0 Å². The van der Waals surface area contributed by atoms with E-state index in [-0.39, 0.29) is 18.6 Å². The van der Waals surface area contributed by atoms with E-state index in [0.29, 0.717) is 22.2 Å². The van der Waals surface area contributed by atoms with Crippen molar-refractivity contribution in [3.8, 4) is 0 Å². The lowest BCUT2D eigenvalue weighted by atomic mass is 10.2. The van der Waals surface area contributed by atoms with E-state index in [1.165, 1.54) is 11.3 Å². The minimum Gasteiger partial charge on any atom is -0.376 e. The third kappa shape index (κ3) is 3.59. The van der Waals surface area contributed by atoms with Gasteiger partial charge in [0.05, 0.1) is 27.9 Å². The molecule has 9 heteroatoms. The molecule has 29 heavy (non-hydrogen) atoms. The van der Waals surface area contributed by atoms with Gasteiger partial charge in [0, 0.05) is 6.61 Å². The Morgan fingerprint density at radius 2 is 2.17 bits per heavy atom. The molecule has 1 saturated heterocycles. The minimum atomic E-state index is -0.105. The number of benzene rings is 2. The van der Waals surface area contributed by atoms with Crippen molar-refractivity contribution >= 4 is 55.2 Å². The predicted molar refractivity (Wildman–Crippen MR) is 113 cm³/mol. The van der Waals surface area contributed by atoms with Gasteiger partial charge in [-0.15, -0.1) is 5.10 Å². The van der Waals surface area contributed by atoms with Gasteiger partial charge < -0.3 is 4.74 Å². The molecule has 0 N–H and O–H groups in total. The van der Waals surface area contributed by atoms with Crippen LogP contribution in [0, 0.1) is 0 Å². The van der Waals surface area contributed by atoms with Crippen molar-refractivity contribution in [3.05, 3.63) is 47.5 Å². The fraction of sp³-hybridized carbons (Fsp3) is 0.300. The van der Waals surface area contributed by atoms with Crippen LogP contribution in [0.1, 0.15) is 12.8 Å². The number of anilines is 1. The molecule has 1 amide bonds. The van der Waals surface area contributed by atoms with E-state index in [4.69, 9.17) is 16.3 Å². The summed E-state index contributed by atoms with van der Waals surface area (Å²) in [5, 5.41) is 9.49. The summed E-state index contributed by atoms with van der Waals surface area (Å²) in [7, 11) is 0. The van der Waals surface area contributed by atoms with Gasteiger partial charge in [-0.05, 0) is 37.1 Å². The van der Waals surface area contributed by atoms with Gasteiger partial charge in [0.2, 0.25) is 0 Å². The van der Waals surface area contributed by atoms with Crippen LogP contribution < -0.4 is 4.90 Å². The van der Waals surface area contributed by atoms with E-state index >= 15 is 0 Å². The number of para-hydroxylation sites is 2. The second-order valence-electron chi connectivity index (χ2n) is 6.96. The molecule has 3 heterocycles. The molecule has 1 atom stereocenters. The van der Waals surface area contributed by atoms with Crippen LogP contribution in [0.15, 0.2) is 42.5 Å². The SMILES string of the molecule is O=C(Cn1nnc2ccccc21)N(CC1CCCO1)c1nc2c(Cl)cccc2s1. The first kappa shape index (κ1) is 18.5. The zero-order valence-electron chi connectivity index (χ0n) is 15.5. The maximum atomic E-state index is 13.3. The molecule has 0 saturated carbocycles. The van der Waals surface area contributed by atoms with Gasteiger partial charge in [-0.2, -0.15) is 0 Å². The second-order valence-corrected chi connectivity index (χ2v) is 8.37. The third-order valence-electron chi connectivity index (χ3n) is 5.01. The number of amides is 1. The number of nitrogens with zero attached hydrogens (tertiary/aromatic N) is 5. The van der Waals surface area contributed by atoms with Crippen molar-refractivity contribution < 1.29 is 9.53 Å². The number of ether oxygens (including phenoxy) is 1. The molecule has 1 aliphatic heterocycles. The summed E-state index contributed by atoms with van der Waals surface area (Å²) >= 11 is 7.76. The second kappa shape index (κ2) is 7.70. The monoisotopic (exact) mass is 427 g/mol. The van der Waals surface area contributed by atoms with E-state index in [0.717, 1.165) is 35.2 Å². The predicted octanol–water partition coefficient (Wildman–Crippen LogP) is 3.91. The van der Waals surface area contributed by atoms with E-state index < -0.39 is 0 Å². The molecule has 4 aromatic rings. The number of hydrogen-bond donors (Lipinski definition) is 0. The lowest BCUT2D eigenvalue weighted by Gasteiger charge is -2.23. The lowest BCUT2D eigenvalue weighted by molar-refractivity contribution is -0.119. The quantitative estimate of drug-likeness (QED) is 0.483. The highest BCUT2D eigenvalue weighted by molar-refractivity contribution is 7.22. The van der Waals surface area contributed by atoms with Crippen LogP contribution in [0.3, 0.4) is 0 Å². The van der Waals surface area contributed by atoms with Crippen molar-refractivity contribution in [2.24, 2.45) is 0 Å². The van der Waals surface area contributed by atoms with Crippen molar-refractivity contribution in [1.29, 1.82) is 0 Å². The Hall–Kier alpha value is -2.55. The Labute approximate surface area is 175 Å². The van der Waals surface area contributed by atoms with Gasteiger partial charge in [-0.25, -0.2) is 9.67 Å². The number of halogens is 1. The molecule has 0 spiro atoms. The van der Waals surface area contributed by atoms with Crippen LogP contribution >= 0.6 is 22.9 Å². The van der Waals surface area contributed by atoms with Gasteiger partial charge in [0.1, 0.15) is 17.6 Å². The summed E-state index contributed by atoms with van der Waals surface area (Å²) in [4.78, 5) is 19.7. The van der Waals surface area contributed by atoms with Crippen molar-refractivity contribution in [1.82, 2.24) is 20.0 Å². The summed E-state index contributed by atoms with van der Waals surface area (Å²) in [6.45, 7) is 1.27. The molecule has 1 fully saturated rings. The number of carbonyl (C=O) groups excluding carboxylic acids is 1. The Bertz CT molecular complexity index is 1180. The topological polar surface area (TPSA) is 73.1 Å². The smallest absolute Gasteiger partial charge is 0.250 e. The van der Waals surface area contributed by atoms with Crippen LogP contribution in [0.2, 0.25) is 5.02 Å². The first-order valence-corrected chi connectivity index (χ1v) is 10.6. The molecule has 0 radical (unpaired) electrons. The minimum absolute atomic E-state index is 0.00826. The highest BCUT2D eigenvalue weighted by Gasteiger charge is 2.27. The maximum Gasteiger partial charge on any atom is 0.250 e. The summed E-state index contributed by atoms with van der Waals surface area (Å²) in [6.07, 6.45) is 1.95. The molecule has 1 unspecified atom stereocenters. The van der Waals surface area contributed by atoms with E-state index in [9.17, 15) is 4.79 Å². The fourth-order valence-electron chi connectivity index (χ4n) is 3.54. The van der Waals surface area contributed by atoms with Crippen LogP contribution in [-0.4, -0.2) is 45.1 Å². The Kier molecular flexibility index (Phi) is 4.91. The molecule has 7 nitrogen and oxygen atoms in total. The van der Waals surface area contributed by atoms with Crippen LogP contribution in [-0.2, 0) is 16.1 Å². The molecule has 5 rings (SSSR count). The van der Waals surface area contributed by atoms with Crippen molar-refractivity contribution in [2.45, 2.75) is 25.5 Å².